The molecular weight excluding hydrogens is 438 g/mol. The Balaban J connectivity index is 2.70. The van der Waals surface area contributed by atoms with Gasteiger partial charge >= 0.3 is 5.97 Å². The van der Waals surface area contributed by atoms with Crippen molar-refractivity contribution in [2.45, 2.75) is 63.7 Å². The number of hydrogen-bond donors (Lipinski definition) is 8. The van der Waals surface area contributed by atoms with E-state index in [4.69, 9.17) is 11.5 Å². The third-order valence-electron chi connectivity index (χ3n) is 5.00. The van der Waals surface area contributed by atoms with E-state index in [0.29, 0.717) is 12.8 Å². The average Bonchev–Trinajstić information content (AvgIpc) is 3.26. The summed E-state index contributed by atoms with van der Waals surface area (Å²) in [4.78, 5) is 53.0. The molecule has 4 unspecified atom stereocenters. The maximum Gasteiger partial charge on any atom is 0.326 e. The predicted octanol–water partition coefficient (Wildman–Crippen LogP) is -2.08. The molecule has 1 rings (SSSR count). The number of nitrogens with zero attached hydrogens (tertiary/aromatic N) is 1. The fraction of sp³-hybridized carbons (Fsp3) is 0.737. The Morgan fingerprint density at radius 2 is 1.78 bits per heavy atom. The van der Waals surface area contributed by atoms with Crippen molar-refractivity contribution >= 4 is 42.3 Å². The number of thiol groups is 1. The van der Waals surface area contributed by atoms with Gasteiger partial charge in [-0.2, -0.15) is 12.6 Å². The third-order valence-corrected chi connectivity index (χ3v) is 5.36. The Morgan fingerprint density at radius 1 is 1.12 bits per heavy atom. The lowest BCUT2D eigenvalue weighted by molar-refractivity contribution is -0.142. The van der Waals surface area contributed by atoms with E-state index < -0.39 is 35.9 Å². The summed E-state index contributed by atoms with van der Waals surface area (Å²) in [5.74, 6) is -3.10. The van der Waals surface area contributed by atoms with Crippen molar-refractivity contribution in [3.05, 3.63) is 0 Å². The summed E-state index contributed by atoms with van der Waals surface area (Å²) in [5, 5.41) is 20.1. The van der Waals surface area contributed by atoms with Crippen LogP contribution in [0.2, 0.25) is 0 Å². The summed E-state index contributed by atoms with van der Waals surface area (Å²) in [6.45, 7) is 4.52. The number of carboxylic acid groups (broad SMARTS) is 1. The second-order valence-electron chi connectivity index (χ2n) is 7.97. The number of rotatable bonds is 13. The van der Waals surface area contributed by atoms with E-state index >= 15 is 0 Å². The Kier molecular flexibility index (Phi) is 11.8. The van der Waals surface area contributed by atoms with Crippen molar-refractivity contribution in [1.29, 1.82) is 0 Å². The summed E-state index contributed by atoms with van der Waals surface area (Å²) in [7, 11) is 0. The van der Waals surface area contributed by atoms with E-state index in [9.17, 15) is 24.3 Å². The van der Waals surface area contributed by atoms with Crippen LogP contribution in [0, 0.1) is 5.92 Å². The molecule has 0 aromatic rings. The molecule has 1 heterocycles. The summed E-state index contributed by atoms with van der Waals surface area (Å²) >= 11 is 4.11. The van der Waals surface area contributed by atoms with Crippen LogP contribution in [0.1, 0.15) is 39.5 Å². The first-order valence-corrected chi connectivity index (χ1v) is 11.2. The Morgan fingerprint density at radius 3 is 2.28 bits per heavy atom. The minimum absolute atomic E-state index is 0.0547. The van der Waals surface area contributed by atoms with Gasteiger partial charge in [0, 0.05) is 12.3 Å². The fourth-order valence-electron chi connectivity index (χ4n) is 3.19. The quantitative estimate of drug-likeness (QED) is 0.0644. The summed E-state index contributed by atoms with van der Waals surface area (Å²) in [6.07, 6.45) is 2.02. The normalized spacial score (nSPS) is 18.3. The first kappa shape index (κ1) is 27.5. The molecule has 0 spiro atoms. The number of carbonyl (C=O) groups excluding carboxylic acids is 3. The van der Waals surface area contributed by atoms with E-state index in [2.05, 4.69) is 38.9 Å². The molecule has 32 heavy (non-hydrogen) atoms. The van der Waals surface area contributed by atoms with Gasteiger partial charge in [0.05, 0.1) is 6.04 Å². The predicted molar refractivity (Wildman–Crippen MR) is 123 cm³/mol. The Hall–Kier alpha value is -2.54. The number of nitrogens with one attached hydrogen (secondary N) is 4. The molecule has 4 atom stereocenters. The Bertz CT molecular complexity index is 694. The molecule has 1 saturated heterocycles. The number of carboxylic acids is 1. The first-order valence-electron chi connectivity index (χ1n) is 10.6. The van der Waals surface area contributed by atoms with Crippen LogP contribution in [0.3, 0.4) is 0 Å². The van der Waals surface area contributed by atoms with Crippen LogP contribution >= 0.6 is 12.6 Å². The van der Waals surface area contributed by atoms with Crippen LogP contribution in [0.5, 0.6) is 0 Å². The second-order valence-corrected chi connectivity index (χ2v) is 8.34. The molecule has 13 heteroatoms. The molecule has 0 aliphatic carbocycles. The van der Waals surface area contributed by atoms with E-state index in [1.165, 1.54) is 0 Å². The molecule has 0 aromatic carbocycles. The number of nitrogens with two attached hydrogens (primary N) is 2. The number of aliphatic imine (C=N–C) groups is 1. The van der Waals surface area contributed by atoms with Crippen LogP contribution in [-0.4, -0.2) is 77.8 Å². The van der Waals surface area contributed by atoms with Gasteiger partial charge < -0.3 is 37.8 Å². The highest BCUT2D eigenvalue weighted by molar-refractivity contribution is 7.80. The van der Waals surface area contributed by atoms with Crippen molar-refractivity contribution in [1.82, 2.24) is 21.3 Å². The molecule has 0 saturated carbocycles. The molecule has 0 bridgehead atoms. The minimum Gasteiger partial charge on any atom is -0.480 e. The van der Waals surface area contributed by atoms with Crippen molar-refractivity contribution in [2.24, 2.45) is 22.4 Å². The minimum atomic E-state index is -1.22. The van der Waals surface area contributed by atoms with E-state index in [-0.39, 0.29) is 42.5 Å². The smallest absolute Gasteiger partial charge is 0.326 e. The van der Waals surface area contributed by atoms with Gasteiger partial charge in [0.1, 0.15) is 18.1 Å². The van der Waals surface area contributed by atoms with Crippen LogP contribution in [0.4, 0.5) is 0 Å². The largest absolute Gasteiger partial charge is 0.480 e. The van der Waals surface area contributed by atoms with Gasteiger partial charge in [0.15, 0.2) is 5.96 Å². The van der Waals surface area contributed by atoms with Gasteiger partial charge in [0.25, 0.3) is 0 Å². The third kappa shape index (κ3) is 9.30. The number of carbonyl (C=O) groups is 4. The van der Waals surface area contributed by atoms with Crippen LogP contribution in [-0.2, 0) is 19.2 Å². The lowest BCUT2D eigenvalue weighted by Gasteiger charge is -2.26. The summed E-state index contributed by atoms with van der Waals surface area (Å²) < 4.78 is 0. The number of hydrogen-bond acceptors (Lipinski definition) is 7. The zero-order valence-corrected chi connectivity index (χ0v) is 19.4. The lowest BCUT2D eigenvalue weighted by Crippen LogP contribution is -2.58. The highest BCUT2D eigenvalue weighted by Crippen LogP contribution is 2.08. The van der Waals surface area contributed by atoms with E-state index in [1.54, 1.807) is 13.8 Å². The number of amides is 3. The van der Waals surface area contributed by atoms with Gasteiger partial charge in [-0.05, 0) is 38.1 Å². The molecule has 0 aromatic heterocycles. The highest BCUT2D eigenvalue weighted by Gasteiger charge is 2.32. The standard InChI is InChI=1S/C19H35N7O5S/c1-10(2)14(26-15(27)11-5-3-7-22-11)17(29)25-13(9-32)16(28)24-12(18(30)31)6-4-8-23-19(20)21/h10-14,22,32H,3-9H2,1-2H3,(H,24,28)(H,25,29)(H,26,27)(H,30,31)(H4,20,21,23). The molecule has 182 valence electrons. The van der Waals surface area contributed by atoms with Gasteiger partial charge in [-0.25, -0.2) is 4.79 Å². The SMILES string of the molecule is CC(C)C(NC(=O)C1CCCN1)C(=O)NC(CS)C(=O)NC(CCCN=C(N)N)C(=O)O. The van der Waals surface area contributed by atoms with E-state index in [1.807, 2.05) is 0 Å². The molecule has 1 aliphatic heterocycles. The van der Waals surface area contributed by atoms with Crippen LogP contribution in [0.15, 0.2) is 4.99 Å². The van der Waals surface area contributed by atoms with Crippen molar-refractivity contribution in [3.8, 4) is 0 Å². The number of aliphatic carboxylic acids is 1. The molecule has 1 aliphatic rings. The van der Waals surface area contributed by atoms with Gasteiger partial charge in [0.2, 0.25) is 17.7 Å². The topological polar surface area (TPSA) is 201 Å². The maximum atomic E-state index is 12.8. The van der Waals surface area contributed by atoms with Crippen LogP contribution in [0.25, 0.3) is 0 Å². The average molecular weight is 474 g/mol. The highest BCUT2D eigenvalue weighted by atomic mass is 32.1. The molecule has 0 radical (unpaired) electrons. The zero-order valence-electron chi connectivity index (χ0n) is 18.5. The van der Waals surface area contributed by atoms with Crippen molar-refractivity contribution in [2.75, 3.05) is 18.8 Å². The Labute approximate surface area is 193 Å². The molecule has 3 amide bonds. The zero-order chi connectivity index (χ0) is 24.3. The molecule has 12 nitrogen and oxygen atoms in total. The van der Waals surface area contributed by atoms with Crippen LogP contribution < -0.4 is 32.7 Å². The second kappa shape index (κ2) is 13.8. The summed E-state index contributed by atoms with van der Waals surface area (Å²) in [6, 6.07) is -3.45. The van der Waals surface area contributed by atoms with Crippen molar-refractivity contribution in [3.63, 3.8) is 0 Å². The van der Waals surface area contributed by atoms with Gasteiger partial charge in [-0.15, -0.1) is 0 Å². The summed E-state index contributed by atoms with van der Waals surface area (Å²) in [5.41, 5.74) is 10.5. The van der Waals surface area contributed by atoms with E-state index in [0.717, 1.165) is 13.0 Å². The molecule has 1 fully saturated rings. The van der Waals surface area contributed by atoms with Gasteiger partial charge in [-0.3, -0.25) is 19.4 Å². The van der Waals surface area contributed by atoms with Gasteiger partial charge in [-0.1, -0.05) is 13.8 Å². The monoisotopic (exact) mass is 473 g/mol. The molecule has 9 N–H and O–H groups in total. The molecular formula is C19H35N7O5S. The number of guanidine groups is 1. The first-order chi connectivity index (χ1) is 15.1. The van der Waals surface area contributed by atoms with Crippen molar-refractivity contribution < 1.29 is 24.3 Å². The lowest BCUT2D eigenvalue weighted by atomic mass is 10.0. The maximum absolute atomic E-state index is 12.8. The fourth-order valence-corrected chi connectivity index (χ4v) is 3.44.